The van der Waals surface area contributed by atoms with Gasteiger partial charge in [-0.15, -0.1) is 10.1 Å². The number of nitrogens with zero attached hydrogens (tertiary/aromatic N) is 1. The number of hydrogen-bond donors (Lipinski definition) is 1. The standard InChI is InChI=1S/Ca.Li.HNO3.2H/c;;2-1(3)4;;/h;;(H,2,3,4);;. The van der Waals surface area contributed by atoms with Gasteiger partial charge in [0, 0.05) is 18.9 Å². The molecule has 0 saturated heterocycles. The second-order valence-electron chi connectivity index (χ2n) is 0.238. The molecule has 0 aromatic carbocycles. The fraction of sp³-hybridized carbons (Fsp3) is 0. The molecule has 6 heteroatoms. The molecule has 0 aliphatic rings. The van der Waals surface area contributed by atoms with Crippen molar-refractivity contribution in [1.29, 1.82) is 0 Å². The molecule has 0 spiro atoms. The predicted molar refractivity (Wildman–Crippen MR) is 23.1 cm³/mol. The third kappa shape index (κ3) is 74.5. The van der Waals surface area contributed by atoms with Gasteiger partial charge in [-0.2, -0.15) is 0 Å². The minimum absolute atomic E-state index is 0. The summed E-state index contributed by atoms with van der Waals surface area (Å²) in [6.07, 6.45) is 0. The normalized spacial score (nSPS) is 4.00. The first-order valence-electron chi connectivity index (χ1n) is 0.565. The van der Waals surface area contributed by atoms with Crippen molar-refractivity contribution in [3.05, 3.63) is 10.1 Å². The van der Waals surface area contributed by atoms with E-state index in [2.05, 4.69) is 0 Å². The third-order valence-electron chi connectivity index (χ3n) is 0. The van der Waals surface area contributed by atoms with Crippen LogP contribution in [0.5, 0.6) is 0 Å². The predicted octanol–water partition coefficient (Wildman–Crippen LogP) is -1.64. The van der Waals surface area contributed by atoms with E-state index in [-0.39, 0.29) is 56.6 Å². The van der Waals surface area contributed by atoms with E-state index >= 15 is 0 Å². The van der Waals surface area contributed by atoms with Crippen LogP contribution in [0.15, 0.2) is 0 Å². The van der Waals surface area contributed by atoms with Crippen molar-refractivity contribution in [2.24, 2.45) is 0 Å². The van der Waals surface area contributed by atoms with E-state index in [0.717, 1.165) is 0 Å². The number of hydrogen-bond acceptors (Lipinski definition) is 2. The summed E-state index contributed by atoms with van der Waals surface area (Å²) >= 11 is 0. The Morgan fingerprint density at radius 2 is 1.67 bits per heavy atom. The fourth-order valence-electron chi connectivity index (χ4n) is 0. The zero-order valence-corrected chi connectivity index (χ0v) is 2.71. The summed E-state index contributed by atoms with van der Waals surface area (Å²) in [4.78, 5) is 8.36. The quantitative estimate of drug-likeness (QED) is 0.232. The Labute approximate surface area is 76.2 Å². The summed E-state index contributed by atoms with van der Waals surface area (Å²) in [5.41, 5.74) is 0. The van der Waals surface area contributed by atoms with Crippen molar-refractivity contribution >= 4 is 56.6 Å². The van der Waals surface area contributed by atoms with Crippen molar-refractivity contribution < 1.29 is 10.3 Å². The van der Waals surface area contributed by atoms with E-state index in [1.807, 2.05) is 0 Å². The molecule has 0 fully saturated rings. The van der Waals surface area contributed by atoms with E-state index in [1.54, 1.807) is 0 Å². The summed E-state index contributed by atoms with van der Waals surface area (Å²) < 4.78 is 0. The molecule has 0 aromatic rings. The Balaban J connectivity index is -0.0000000450. The van der Waals surface area contributed by atoms with Crippen LogP contribution >= 0.6 is 0 Å². The minimum Gasteiger partial charge on any atom is 0 e. The smallest absolute Gasteiger partial charge is 0 e. The molecule has 29 valence electrons. The van der Waals surface area contributed by atoms with Crippen molar-refractivity contribution in [2.45, 2.75) is 0 Å². The van der Waals surface area contributed by atoms with Gasteiger partial charge in [-0.1, -0.05) is 0 Å². The van der Waals surface area contributed by atoms with Crippen LogP contribution in [-0.4, -0.2) is 66.9 Å². The van der Waals surface area contributed by atoms with Crippen molar-refractivity contribution in [3.8, 4) is 0 Å². The van der Waals surface area contributed by atoms with Crippen LogP contribution < -0.4 is 0 Å². The summed E-state index contributed by atoms with van der Waals surface area (Å²) in [6.45, 7) is 0. The molecule has 0 amide bonds. The summed E-state index contributed by atoms with van der Waals surface area (Å²) in [5, 5.41) is 13.6. The molecule has 0 atom stereocenters. The van der Waals surface area contributed by atoms with Gasteiger partial charge in [0.05, 0.1) is 0 Å². The maximum absolute atomic E-state index is 8.36. The van der Waals surface area contributed by atoms with Gasteiger partial charge in [0.25, 0.3) is 5.09 Å². The van der Waals surface area contributed by atoms with Crippen LogP contribution in [0.1, 0.15) is 0 Å². The Morgan fingerprint density at radius 3 is 1.67 bits per heavy atom. The monoisotopic (exact) mass is 112 g/mol. The molecule has 0 aromatic heterocycles. The van der Waals surface area contributed by atoms with Crippen LogP contribution in [-0.2, 0) is 0 Å². The van der Waals surface area contributed by atoms with E-state index in [9.17, 15) is 0 Å². The third-order valence-corrected chi connectivity index (χ3v) is 0. The molecular formula is H3CaLiNO3. The zero-order valence-electron chi connectivity index (χ0n) is 2.71. The van der Waals surface area contributed by atoms with Gasteiger partial charge in [0.15, 0.2) is 0 Å². The summed E-state index contributed by atoms with van der Waals surface area (Å²) in [5.74, 6) is 0. The Kier molecular flexibility index (Phi) is 24.7. The molecule has 0 aliphatic heterocycles. The SMILES string of the molecule is O=[N+]([O-])O.[CaH2].[Li]. The van der Waals surface area contributed by atoms with E-state index in [0.29, 0.717) is 0 Å². The summed E-state index contributed by atoms with van der Waals surface area (Å²) in [7, 11) is 0. The van der Waals surface area contributed by atoms with Crippen LogP contribution in [0.4, 0.5) is 0 Å². The van der Waals surface area contributed by atoms with Gasteiger partial charge < -0.3 is 5.21 Å². The van der Waals surface area contributed by atoms with Gasteiger partial charge in [-0.05, 0) is 0 Å². The first kappa shape index (κ1) is 15.7. The van der Waals surface area contributed by atoms with Crippen molar-refractivity contribution in [1.82, 2.24) is 0 Å². The Hall–Kier alpha value is 1.06. The van der Waals surface area contributed by atoms with Gasteiger partial charge >= 0.3 is 37.7 Å². The maximum atomic E-state index is 8.36. The van der Waals surface area contributed by atoms with E-state index in [1.165, 1.54) is 0 Å². The topological polar surface area (TPSA) is 63.4 Å². The molecule has 0 aliphatic carbocycles. The van der Waals surface area contributed by atoms with Crippen molar-refractivity contribution in [2.75, 3.05) is 0 Å². The molecule has 0 saturated carbocycles. The van der Waals surface area contributed by atoms with E-state index in [4.69, 9.17) is 15.3 Å². The van der Waals surface area contributed by atoms with Gasteiger partial charge in [0.2, 0.25) is 0 Å². The van der Waals surface area contributed by atoms with Crippen LogP contribution in [0.25, 0.3) is 0 Å². The first-order chi connectivity index (χ1) is 1.73. The minimum atomic E-state index is -1.50. The van der Waals surface area contributed by atoms with Gasteiger partial charge in [0.1, 0.15) is 0 Å². The maximum Gasteiger partial charge on any atom is 0 e. The first-order valence-corrected chi connectivity index (χ1v) is 0.565. The number of rotatable bonds is 0. The second-order valence-corrected chi connectivity index (χ2v) is 0.238. The molecule has 0 bridgehead atoms. The van der Waals surface area contributed by atoms with E-state index < -0.39 is 5.09 Å². The molecule has 0 rings (SSSR count). The second kappa shape index (κ2) is 9.41. The van der Waals surface area contributed by atoms with Crippen LogP contribution in [0.3, 0.4) is 0 Å². The molecule has 0 unspecified atom stereocenters. The summed E-state index contributed by atoms with van der Waals surface area (Å²) in [6, 6.07) is 0. The average Bonchev–Trinajstić information content (AvgIpc) is 0.811. The van der Waals surface area contributed by atoms with Crippen molar-refractivity contribution in [3.63, 3.8) is 0 Å². The van der Waals surface area contributed by atoms with Crippen LogP contribution in [0.2, 0.25) is 0 Å². The fourth-order valence-corrected chi connectivity index (χ4v) is 0. The molecular weight excluding hydrogens is 109 g/mol. The molecule has 4 nitrogen and oxygen atoms in total. The Morgan fingerprint density at radius 1 is 1.67 bits per heavy atom. The molecule has 6 heavy (non-hydrogen) atoms. The van der Waals surface area contributed by atoms with Gasteiger partial charge in [-0.3, -0.25) is 0 Å². The average molecular weight is 112 g/mol. The molecule has 1 radical (unpaired) electrons. The zero-order chi connectivity index (χ0) is 3.58. The largest absolute Gasteiger partial charge is 0 e. The molecule has 0 heterocycles. The molecule has 1 N–H and O–H groups in total. The van der Waals surface area contributed by atoms with Gasteiger partial charge in [-0.25, -0.2) is 0 Å². The Bertz CT molecular complexity index is 33.8. The van der Waals surface area contributed by atoms with Crippen LogP contribution in [0, 0.1) is 10.1 Å².